The van der Waals surface area contributed by atoms with Crippen LogP contribution in [0, 0.1) is 23.7 Å². The molecular formula is C14H27Li. The van der Waals surface area contributed by atoms with Crippen LogP contribution in [-0.4, -0.2) is 17.7 Å². The molecule has 4 atom stereocenters. The molecule has 1 fully saturated rings. The summed E-state index contributed by atoms with van der Waals surface area (Å²) >= 11 is 2.52. The van der Waals surface area contributed by atoms with Crippen LogP contribution < -0.4 is 0 Å². The molecule has 0 N–H and O–H groups in total. The van der Waals surface area contributed by atoms with E-state index in [4.69, 9.17) is 0 Å². The molecular weight excluding hydrogens is 175 g/mol. The monoisotopic (exact) mass is 202 g/mol. The van der Waals surface area contributed by atoms with Crippen molar-refractivity contribution >= 4 is 17.7 Å². The van der Waals surface area contributed by atoms with Gasteiger partial charge in [-0.25, -0.2) is 0 Å². The van der Waals surface area contributed by atoms with E-state index >= 15 is 0 Å². The molecule has 1 heteroatoms. The Morgan fingerprint density at radius 3 is 1.73 bits per heavy atom. The van der Waals surface area contributed by atoms with Gasteiger partial charge in [0.15, 0.2) is 0 Å². The fraction of sp³-hybridized carbons (Fsp3) is 1.00. The SMILES string of the molecule is [Li][CH]1C(C(C)CC)CCCC1C(C)CC. The Morgan fingerprint density at radius 1 is 1.00 bits per heavy atom. The Bertz CT molecular complexity index is 160. The minimum absolute atomic E-state index is 0.937. The maximum atomic E-state index is 2.52. The summed E-state index contributed by atoms with van der Waals surface area (Å²) in [7, 11) is 0. The molecule has 4 unspecified atom stereocenters. The summed E-state index contributed by atoms with van der Waals surface area (Å²) in [6.07, 6.45) is 7.19. The molecule has 0 radical (unpaired) electrons. The van der Waals surface area contributed by atoms with E-state index in [-0.39, 0.29) is 0 Å². The van der Waals surface area contributed by atoms with Crippen LogP contribution in [0.1, 0.15) is 59.8 Å². The Hall–Kier alpha value is 0.597. The molecule has 1 rings (SSSR count). The summed E-state index contributed by atoms with van der Waals surface area (Å²) in [5.74, 6) is 3.88. The van der Waals surface area contributed by atoms with E-state index < -0.39 is 0 Å². The Kier molecular flexibility index (Phi) is 5.79. The van der Waals surface area contributed by atoms with Gasteiger partial charge in [-0.3, -0.25) is 0 Å². The number of hydrogen-bond acceptors (Lipinski definition) is 0. The molecule has 0 bridgehead atoms. The van der Waals surface area contributed by atoms with E-state index in [1.165, 1.54) is 32.1 Å². The molecule has 0 aromatic heterocycles. The molecule has 1 saturated carbocycles. The second-order valence-electron chi connectivity index (χ2n) is 5.89. The van der Waals surface area contributed by atoms with Crippen molar-refractivity contribution in [2.75, 3.05) is 0 Å². The van der Waals surface area contributed by atoms with Crippen LogP contribution in [0.4, 0.5) is 0 Å². The van der Waals surface area contributed by atoms with Crippen molar-refractivity contribution in [1.82, 2.24) is 0 Å². The average Bonchev–Trinajstić information content (AvgIpc) is 2.27. The van der Waals surface area contributed by atoms with E-state index in [9.17, 15) is 0 Å². The first kappa shape index (κ1) is 13.7. The summed E-state index contributed by atoms with van der Waals surface area (Å²) < 4.78 is 0.962. The zero-order valence-corrected chi connectivity index (χ0v) is 11.4. The maximum absolute atomic E-state index is 2.52. The van der Waals surface area contributed by atoms with Crippen LogP contribution >= 0.6 is 0 Å². The second-order valence-corrected chi connectivity index (χ2v) is 5.89. The van der Waals surface area contributed by atoms with Gasteiger partial charge in [-0.2, -0.15) is 0 Å². The van der Waals surface area contributed by atoms with Crippen molar-refractivity contribution in [2.45, 2.75) is 64.4 Å². The fourth-order valence-electron chi connectivity index (χ4n) is 3.64. The fourth-order valence-corrected chi connectivity index (χ4v) is 3.64. The Morgan fingerprint density at radius 2 is 1.40 bits per heavy atom. The quantitative estimate of drug-likeness (QED) is 0.591. The second kappa shape index (κ2) is 6.36. The molecule has 0 heterocycles. The topological polar surface area (TPSA) is 0 Å². The number of hydrogen-bond donors (Lipinski definition) is 0. The average molecular weight is 202 g/mol. The van der Waals surface area contributed by atoms with Crippen molar-refractivity contribution in [3.05, 3.63) is 0 Å². The van der Waals surface area contributed by atoms with Crippen molar-refractivity contribution in [1.29, 1.82) is 0 Å². The van der Waals surface area contributed by atoms with Crippen molar-refractivity contribution < 1.29 is 0 Å². The molecule has 0 aromatic rings. The predicted octanol–water partition coefficient (Wildman–Crippen LogP) is 4.45. The normalized spacial score (nSPS) is 36.3. The molecule has 15 heavy (non-hydrogen) atoms. The van der Waals surface area contributed by atoms with Gasteiger partial charge in [-0.15, -0.1) is 0 Å². The molecule has 0 saturated heterocycles. The van der Waals surface area contributed by atoms with E-state index in [1.807, 2.05) is 0 Å². The first-order valence-corrected chi connectivity index (χ1v) is 7.11. The van der Waals surface area contributed by atoms with Crippen LogP contribution in [0.15, 0.2) is 0 Å². The Balaban J connectivity index is 2.62. The molecule has 1 aliphatic carbocycles. The van der Waals surface area contributed by atoms with Crippen molar-refractivity contribution in [3.63, 3.8) is 0 Å². The van der Waals surface area contributed by atoms with Gasteiger partial charge in [-0.1, -0.05) is 0 Å². The van der Waals surface area contributed by atoms with Crippen LogP contribution in [0.5, 0.6) is 0 Å². The van der Waals surface area contributed by atoms with Gasteiger partial charge in [0.2, 0.25) is 0 Å². The van der Waals surface area contributed by atoms with E-state index in [2.05, 4.69) is 45.4 Å². The third kappa shape index (κ3) is 3.27. The summed E-state index contributed by atoms with van der Waals surface area (Å²) in [5, 5.41) is 0. The first-order valence-electron chi connectivity index (χ1n) is 7.11. The van der Waals surface area contributed by atoms with Gasteiger partial charge >= 0.3 is 106 Å². The zero-order chi connectivity index (χ0) is 11.4. The van der Waals surface area contributed by atoms with E-state index in [0.717, 1.165) is 28.3 Å². The van der Waals surface area contributed by atoms with Gasteiger partial charge in [0, 0.05) is 0 Å². The predicted molar refractivity (Wildman–Crippen MR) is 69.2 cm³/mol. The van der Waals surface area contributed by atoms with Crippen LogP contribution in [0.25, 0.3) is 0 Å². The van der Waals surface area contributed by atoms with Gasteiger partial charge in [0.05, 0.1) is 0 Å². The van der Waals surface area contributed by atoms with Gasteiger partial charge in [-0.05, 0) is 0 Å². The van der Waals surface area contributed by atoms with Gasteiger partial charge in [0.25, 0.3) is 0 Å². The summed E-state index contributed by atoms with van der Waals surface area (Å²) in [6.45, 7) is 9.62. The van der Waals surface area contributed by atoms with E-state index in [1.54, 1.807) is 0 Å². The zero-order valence-electron chi connectivity index (χ0n) is 11.4. The van der Waals surface area contributed by atoms with Gasteiger partial charge in [0.1, 0.15) is 0 Å². The van der Waals surface area contributed by atoms with Crippen LogP contribution in [-0.2, 0) is 0 Å². The molecule has 84 valence electrons. The van der Waals surface area contributed by atoms with Crippen LogP contribution in [0.3, 0.4) is 0 Å². The number of rotatable bonds is 4. The summed E-state index contributed by atoms with van der Waals surface area (Å²) in [5.41, 5.74) is 0. The van der Waals surface area contributed by atoms with Crippen molar-refractivity contribution in [3.8, 4) is 0 Å². The molecule has 0 amide bonds. The molecule has 1 aliphatic rings. The van der Waals surface area contributed by atoms with Crippen molar-refractivity contribution in [2.24, 2.45) is 23.7 Å². The molecule has 0 spiro atoms. The molecule has 0 aliphatic heterocycles. The first-order chi connectivity index (χ1) is 7.11. The standard InChI is InChI=1S/C14H27.Li/c1-5-11(3)13-8-7-9-14(10-13)12(4)6-2;/h10-14H,5-9H2,1-4H3;. The third-order valence-corrected chi connectivity index (χ3v) is 5.18. The Labute approximate surface area is 106 Å². The van der Waals surface area contributed by atoms with Crippen LogP contribution in [0.2, 0.25) is 4.59 Å². The summed E-state index contributed by atoms with van der Waals surface area (Å²) in [4.78, 5) is 0. The van der Waals surface area contributed by atoms with Gasteiger partial charge < -0.3 is 0 Å². The van der Waals surface area contributed by atoms with E-state index in [0.29, 0.717) is 0 Å². The minimum atomic E-state index is 0.937. The summed E-state index contributed by atoms with van der Waals surface area (Å²) in [6, 6.07) is 0. The molecule has 0 nitrogen and oxygen atoms in total. The molecule has 0 aromatic carbocycles. The third-order valence-electron chi connectivity index (χ3n) is 5.18.